The van der Waals surface area contributed by atoms with Crippen LogP contribution in [0.1, 0.15) is 10.4 Å². The van der Waals surface area contributed by atoms with Crippen molar-refractivity contribution >= 4 is 34.2 Å². The molecule has 0 spiro atoms. The smallest absolute Gasteiger partial charge is 0.339 e. The summed E-state index contributed by atoms with van der Waals surface area (Å²) in [5.74, 6) is 0.265. The van der Waals surface area contributed by atoms with Gasteiger partial charge in [0.25, 0.3) is 0 Å². The lowest BCUT2D eigenvalue weighted by Gasteiger charge is -2.13. The van der Waals surface area contributed by atoms with E-state index in [1.807, 2.05) is 24.3 Å². The highest BCUT2D eigenvalue weighted by atomic mass is 16.5. The molecule has 0 radical (unpaired) electrons. The Hall–Kier alpha value is -4.01. The SMILES string of the molecule is COC(=O)c1ccccc1Nc1ncnc(-n2nnc3ccccc32)c1N. The molecule has 0 amide bonds. The van der Waals surface area contributed by atoms with Crippen LogP contribution in [0.15, 0.2) is 54.9 Å². The molecule has 4 aromatic rings. The van der Waals surface area contributed by atoms with E-state index in [0.717, 1.165) is 11.0 Å². The molecule has 0 bridgehead atoms. The van der Waals surface area contributed by atoms with E-state index in [1.165, 1.54) is 13.4 Å². The monoisotopic (exact) mass is 361 g/mol. The fraction of sp³-hybridized carbons (Fsp3) is 0.0556. The Labute approximate surface area is 153 Å². The Morgan fingerprint density at radius 1 is 1.11 bits per heavy atom. The third-order valence-corrected chi connectivity index (χ3v) is 4.00. The van der Waals surface area contributed by atoms with Crippen molar-refractivity contribution in [2.24, 2.45) is 0 Å². The number of anilines is 3. The standard InChI is InChI=1S/C18H15N7O2/c1-27-18(26)11-6-2-3-7-12(11)22-16-15(19)17(21-10-20-16)25-14-9-5-4-8-13(14)23-24-25/h2-10H,19H2,1H3,(H,20,21,22). The summed E-state index contributed by atoms with van der Waals surface area (Å²) in [5.41, 5.74) is 8.93. The van der Waals surface area contributed by atoms with E-state index in [9.17, 15) is 4.79 Å². The number of nitrogens with zero attached hydrogens (tertiary/aromatic N) is 5. The number of carbonyl (C=O) groups excluding carboxylic acids is 1. The van der Waals surface area contributed by atoms with Crippen LogP contribution in [-0.4, -0.2) is 38.0 Å². The summed E-state index contributed by atoms with van der Waals surface area (Å²) in [6.07, 6.45) is 1.37. The largest absolute Gasteiger partial charge is 0.465 e. The summed E-state index contributed by atoms with van der Waals surface area (Å²) in [4.78, 5) is 20.4. The third kappa shape index (κ3) is 2.91. The normalized spacial score (nSPS) is 10.7. The molecule has 27 heavy (non-hydrogen) atoms. The van der Waals surface area contributed by atoms with E-state index in [2.05, 4.69) is 25.6 Å². The minimum Gasteiger partial charge on any atom is -0.465 e. The van der Waals surface area contributed by atoms with E-state index in [-0.39, 0.29) is 5.69 Å². The minimum absolute atomic E-state index is 0.271. The van der Waals surface area contributed by atoms with Gasteiger partial charge in [0.1, 0.15) is 17.5 Å². The fourth-order valence-corrected chi connectivity index (χ4v) is 2.69. The van der Waals surface area contributed by atoms with Gasteiger partial charge in [-0.2, -0.15) is 4.68 Å². The van der Waals surface area contributed by atoms with Crippen LogP contribution in [0.5, 0.6) is 0 Å². The van der Waals surface area contributed by atoms with Gasteiger partial charge in [0.15, 0.2) is 11.6 Å². The third-order valence-electron chi connectivity index (χ3n) is 4.00. The second-order valence-electron chi connectivity index (χ2n) is 5.61. The number of benzene rings is 2. The van der Waals surface area contributed by atoms with Crippen molar-refractivity contribution in [3.8, 4) is 5.82 Å². The number of hydrogen-bond donors (Lipinski definition) is 2. The van der Waals surface area contributed by atoms with Crippen molar-refractivity contribution in [2.75, 3.05) is 18.2 Å². The van der Waals surface area contributed by atoms with Crippen LogP contribution in [0.3, 0.4) is 0 Å². The maximum Gasteiger partial charge on any atom is 0.339 e. The van der Waals surface area contributed by atoms with Crippen LogP contribution in [-0.2, 0) is 4.74 Å². The molecule has 0 fully saturated rings. The lowest BCUT2D eigenvalue weighted by atomic mass is 10.2. The number of ether oxygens (including phenoxy) is 1. The molecule has 0 aliphatic rings. The molecule has 134 valence electrons. The van der Waals surface area contributed by atoms with E-state index >= 15 is 0 Å². The molecule has 0 saturated heterocycles. The highest BCUT2D eigenvalue weighted by molar-refractivity contribution is 5.97. The molecule has 0 aliphatic heterocycles. The summed E-state index contributed by atoms with van der Waals surface area (Å²) in [6, 6.07) is 14.4. The number of methoxy groups -OCH3 is 1. The van der Waals surface area contributed by atoms with Gasteiger partial charge in [-0.15, -0.1) is 5.10 Å². The van der Waals surface area contributed by atoms with Crippen LogP contribution in [0.25, 0.3) is 16.9 Å². The van der Waals surface area contributed by atoms with E-state index < -0.39 is 5.97 Å². The molecule has 9 heteroatoms. The molecule has 0 atom stereocenters. The molecule has 3 N–H and O–H groups in total. The maximum absolute atomic E-state index is 12.0. The summed E-state index contributed by atoms with van der Waals surface area (Å²) >= 11 is 0. The highest BCUT2D eigenvalue weighted by Gasteiger charge is 2.17. The van der Waals surface area contributed by atoms with Gasteiger partial charge in [-0.1, -0.05) is 29.5 Å². The molecule has 2 heterocycles. The maximum atomic E-state index is 12.0. The van der Waals surface area contributed by atoms with Gasteiger partial charge in [0, 0.05) is 0 Å². The molecule has 0 aliphatic carbocycles. The molecular formula is C18H15N7O2. The van der Waals surface area contributed by atoms with Gasteiger partial charge in [-0.3, -0.25) is 0 Å². The quantitative estimate of drug-likeness (QED) is 0.531. The first-order valence-electron chi connectivity index (χ1n) is 8.04. The zero-order chi connectivity index (χ0) is 18.8. The number of nitrogen functional groups attached to an aromatic ring is 1. The zero-order valence-corrected chi connectivity index (χ0v) is 14.3. The van der Waals surface area contributed by atoms with Gasteiger partial charge >= 0.3 is 5.97 Å². The predicted molar refractivity (Wildman–Crippen MR) is 99.9 cm³/mol. The lowest BCUT2D eigenvalue weighted by molar-refractivity contribution is 0.0602. The van der Waals surface area contributed by atoms with Crippen molar-refractivity contribution in [3.63, 3.8) is 0 Å². The van der Waals surface area contributed by atoms with Crippen LogP contribution in [0, 0.1) is 0 Å². The highest BCUT2D eigenvalue weighted by Crippen LogP contribution is 2.28. The molecule has 2 aromatic carbocycles. The average molecular weight is 361 g/mol. The first-order valence-corrected chi connectivity index (χ1v) is 8.04. The number of hydrogen-bond acceptors (Lipinski definition) is 8. The minimum atomic E-state index is -0.465. The molecule has 2 aromatic heterocycles. The van der Waals surface area contributed by atoms with Crippen LogP contribution >= 0.6 is 0 Å². The Morgan fingerprint density at radius 2 is 1.89 bits per heavy atom. The number of nitrogens with two attached hydrogens (primary N) is 1. The number of rotatable bonds is 4. The average Bonchev–Trinajstić information content (AvgIpc) is 3.13. The Morgan fingerprint density at radius 3 is 2.74 bits per heavy atom. The van der Waals surface area contributed by atoms with Crippen molar-refractivity contribution < 1.29 is 9.53 Å². The Balaban J connectivity index is 1.77. The summed E-state index contributed by atoms with van der Waals surface area (Å²) in [5, 5.41) is 11.3. The number of esters is 1. The Kier molecular flexibility index (Phi) is 4.09. The fourth-order valence-electron chi connectivity index (χ4n) is 2.69. The summed E-state index contributed by atoms with van der Waals surface area (Å²) in [6.45, 7) is 0. The topological polar surface area (TPSA) is 121 Å². The number of para-hydroxylation sites is 2. The van der Waals surface area contributed by atoms with E-state index in [1.54, 1.807) is 28.9 Å². The number of aromatic nitrogens is 5. The van der Waals surface area contributed by atoms with Crippen molar-refractivity contribution in [2.45, 2.75) is 0 Å². The molecule has 4 rings (SSSR count). The lowest BCUT2D eigenvalue weighted by Crippen LogP contribution is -2.10. The van der Waals surface area contributed by atoms with Gasteiger partial charge in [-0.25, -0.2) is 14.8 Å². The molecular weight excluding hydrogens is 346 g/mol. The second kappa shape index (κ2) is 6.71. The summed E-state index contributed by atoms with van der Waals surface area (Å²) < 4.78 is 6.36. The number of fused-ring (bicyclic) bond motifs is 1. The van der Waals surface area contributed by atoms with Gasteiger partial charge < -0.3 is 15.8 Å². The van der Waals surface area contributed by atoms with Crippen molar-refractivity contribution in [3.05, 3.63) is 60.4 Å². The number of nitrogens with one attached hydrogen (secondary N) is 1. The van der Waals surface area contributed by atoms with Crippen LogP contribution in [0.4, 0.5) is 17.2 Å². The Bertz CT molecular complexity index is 1140. The van der Waals surface area contributed by atoms with Crippen molar-refractivity contribution in [1.82, 2.24) is 25.0 Å². The molecule has 9 nitrogen and oxygen atoms in total. The first-order chi connectivity index (χ1) is 13.2. The summed E-state index contributed by atoms with van der Waals surface area (Å²) in [7, 11) is 1.33. The number of carbonyl (C=O) groups is 1. The van der Waals surface area contributed by atoms with Crippen molar-refractivity contribution in [1.29, 1.82) is 0 Å². The van der Waals surface area contributed by atoms with E-state index in [4.69, 9.17) is 10.5 Å². The zero-order valence-electron chi connectivity index (χ0n) is 14.3. The second-order valence-corrected chi connectivity index (χ2v) is 5.61. The van der Waals surface area contributed by atoms with Gasteiger partial charge in [0.05, 0.1) is 23.9 Å². The van der Waals surface area contributed by atoms with Gasteiger partial charge in [0.2, 0.25) is 0 Å². The molecule has 0 unspecified atom stereocenters. The first kappa shape index (κ1) is 16.5. The molecule has 0 saturated carbocycles. The van der Waals surface area contributed by atoms with Crippen LogP contribution in [0.2, 0.25) is 0 Å². The van der Waals surface area contributed by atoms with Crippen LogP contribution < -0.4 is 11.1 Å². The van der Waals surface area contributed by atoms with Gasteiger partial charge in [-0.05, 0) is 24.3 Å². The van der Waals surface area contributed by atoms with E-state index in [0.29, 0.717) is 22.9 Å². The predicted octanol–water partition coefficient (Wildman–Crippen LogP) is 2.32.